The van der Waals surface area contributed by atoms with E-state index in [1.165, 1.54) is 7.11 Å². The number of carboxylic acid groups (broad SMARTS) is 1. The van der Waals surface area contributed by atoms with Gasteiger partial charge in [-0.15, -0.1) is 0 Å². The number of carboxylic acids is 1. The predicted octanol–water partition coefficient (Wildman–Crippen LogP) is 0.986. The maximum Gasteiger partial charge on any atom is 0.407 e. The topological polar surface area (TPSA) is 75.6 Å². The summed E-state index contributed by atoms with van der Waals surface area (Å²) in [5.41, 5.74) is 0. The average Bonchev–Trinajstić information content (AvgIpc) is 2.18. The van der Waals surface area contributed by atoms with Crippen molar-refractivity contribution in [1.82, 2.24) is 5.32 Å². The van der Waals surface area contributed by atoms with E-state index in [-0.39, 0.29) is 12.0 Å². The van der Waals surface area contributed by atoms with Crippen molar-refractivity contribution in [3.05, 3.63) is 0 Å². The predicted molar refractivity (Wildman–Crippen MR) is 48.9 cm³/mol. The van der Waals surface area contributed by atoms with Crippen molar-refractivity contribution < 1.29 is 19.4 Å². The molecule has 0 heterocycles. The SMILES string of the molecule is COC(=O)NC1CCCC(C(=O)O)C1. The third-order valence-electron chi connectivity index (χ3n) is 2.53. The molecule has 1 saturated carbocycles. The highest BCUT2D eigenvalue weighted by Gasteiger charge is 2.27. The lowest BCUT2D eigenvalue weighted by molar-refractivity contribution is -0.143. The van der Waals surface area contributed by atoms with Crippen LogP contribution in [0.25, 0.3) is 0 Å². The normalized spacial score (nSPS) is 26.6. The summed E-state index contributed by atoms with van der Waals surface area (Å²) in [4.78, 5) is 21.6. The second-order valence-corrected chi connectivity index (χ2v) is 3.53. The first-order valence-electron chi connectivity index (χ1n) is 4.70. The van der Waals surface area contributed by atoms with Gasteiger partial charge in [0.15, 0.2) is 0 Å². The van der Waals surface area contributed by atoms with E-state index in [0.717, 1.165) is 12.8 Å². The molecule has 0 bridgehead atoms. The smallest absolute Gasteiger partial charge is 0.407 e. The van der Waals surface area contributed by atoms with E-state index < -0.39 is 12.1 Å². The van der Waals surface area contributed by atoms with Crippen LogP contribution in [-0.2, 0) is 9.53 Å². The molecule has 2 N–H and O–H groups in total. The number of aliphatic carboxylic acids is 1. The molecule has 0 saturated heterocycles. The molecule has 14 heavy (non-hydrogen) atoms. The number of alkyl carbamates (subject to hydrolysis) is 1. The molecule has 1 aliphatic carbocycles. The van der Waals surface area contributed by atoms with Crippen LogP contribution in [0, 0.1) is 5.92 Å². The number of carbonyl (C=O) groups excluding carboxylic acids is 1. The summed E-state index contributed by atoms with van der Waals surface area (Å²) in [6.45, 7) is 0. The van der Waals surface area contributed by atoms with E-state index in [0.29, 0.717) is 12.8 Å². The van der Waals surface area contributed by atoms with Crippen LogP contribution < -0.4 is 5.32 Å². The molecule has 2 atom stereocenters. The van der Waals surface area contributed by atoms with E-state index >= 15 is 0 Å². The molecule has 0 aliphatic heterocycles. The van der Waals surface area contributed by atoms with Gasteiger partial charge in [-0.05, 0) is 19.3 Å². The molecule has 5 nitrogen and oxygen atoms in total. The Morgan fingerprint density at radius 2 is 2.14 bits per heavy atom. The third-order valence-corrected chi connectivity index (χ3v) is 2.53. The summed E-state index contributed by atoms with van der Waals surface area (Å²) < 4.78 is 4.45. The van der Waals surface area contributed by atoms with Gasteiger partial charge in [0.2, 0.25) is 0 Å². The minimum atomic E-state index is -0.777. The largest absolute Gasteiger partial charge is 0.481 e. The summed E-state index contributed by atoms with van der Waals surface area (Å²) >= 11 is 0. The minimum Gasteiger partial charge on any atom is -0.481 e. The number of carbonyl (C=O) groups is 2. The Kier molecular flexibility index (Phi) is 3.73. The second kappa shape index (κ2) is 4.83. The van der Waals surface area contributed by atoms with Gasteiger partial charge in [0.1, 0.15) is 0 Å². The van der Waals surface area contributed by atoms with Gasteiger partial charge in [-0.2, -0.15) is 0 Å². The highest BCUT2D eigenvalue weighted by Crippen LogP contribution is 2.24. The van der Waals surface area contributed by atoms with Gasteiger partial charge in [-0.1, -0.05) is 6.42 Å². The highest BCUT2D eigenvalue weighted by atomic mass is 16.5. The molecule has 0 aromatic carbocycles. The molecule has 1 fully saturated rings. The van der Waals surface area contributed by atoms with Gasteiger partial charge in [0, 0.05) is 6.04 Å². The molecule has 0 spiro atoms. The van der Waals surface area contributed by atoms with Crippen molar-refractivity contribution in [3.63, 3.8) is 0 Å². The first-order valence-corrected chi connectivity index (χ1v) is 4.70. The van der Waals surface area contributed by atoms with Crippen LogP contribution in [-0.4, -0.2) is 30.3 Å². The van der Waals surface area contributed by atoms with E-state index in [1.54, 1.807) is 0 Å². The summed E-state index contributed by atoms with van der Waals surface area (Å²) in [6.07, 6.45) is 2.39. The summed E-state index contributed by atoms with van der Waals surface area (Å²) in [7, 11) is 1.30. The number of hydrogen-bond acceptors (Lipinski definition) is 3. The fraction of sp³-hybridized carbons (Fsp3) is 0.778. The number of ether oxygens (including phenoxy) is 1. The van der Waals surface area contributed by atoms with Crippen molar-refractivity contribution in [3.8, 4) is 0 Å². The monoisotopic (exact) mass is 201 g/mol. The van der Waals surface area contributed by atoms with Crippen LogP contribution in [0.5, 0.6) is 0 Å². The van der Waals surface area contributed by atoms with Crippen LogP contribution >= 0.6 is 0 Å². The Hall–Kier alpha value is -1.26. The van der Waals surface area contributed by atoms with E-state index in [4.69, 9.17) is 5.11 Å². The zero-order chi connectivity index (χ0) is 10.6. The van der Waals surface area contributed by atoms with Crippen molar-refractivity contribution in [1.29, 1.82) is 0 Å². The van der Waals surface area contributed by atoms with Crippen molar-refractivity contribution in [2.75, 3.05) is 7.11 Å². The van der Waals surface area contributed by atoms with Crippen LogP contribution in [0.1, 0.15) is 25.7 Å². The van der Waals surface area contributed by atoms with Crippen LogP contribution in [0.15, 0.2) is 0 Å². The van der Waals surface area contributed by atoms with Gasteiger partial charge >= 0.3 is 12.1 Å². The molecule has 0 aromatic heterocycles. The van der Waals surface area contributed by atoms with Gasteiger partial charge in [-0.25, -0.2) is 4.79 Å². The number of nitrogens with one attached hydrogen (secondary N) is 1. The Morgan fingerprint density at radius 1 is 1.43 bits per heavy atom. The van der Waals surface area contributed by atoms with Crippen molar-refractivity contribution >= 4 is 12.1 Å². The lowest BCUT2D eigenvalue weighted by Crippen LogP contribution is -2.39. The molecule has 80 valence electrons. The van der Waals surface area contributed by atoms with E-state index in [1.807, 2.05) is 0 Å². The zero-order valence-electron chi connectivity index (χ0n) is 8.16. The number of amides is 1. The molecule has 1 aliphatic rings. The standard InChI is InChI=1S/C9H15NO4/c1-14-9(13)10-7-4-2-3-6(5-7)8(11)12/h6-7H,2-5H2,1H3,(H,10,13)(H,11,12). The van der Waals surface area contributed by atoms with Crippen LogP contribution in [0.3, 0.4) is 0 Å². The van der Waals surface area contributed by atoms with E-state index in [9.17, 15) is 9.59 Å². The lowest BCUT2D eigenvalue weighted by atomic mass is 9.86. The van der Waals surface area contributed by atoms with Crippen LogP contribution in [0.2, 0.25) is 0 Å². The lowest BCUT2D eigenvalue weighted by Gasteiger charge is -2.26. The average molecular weight is 201 g/mol. The zero-order valence-corrected chi connectivity index (χ0v) is 8.16. The Morgan fingerprint density at radius 3 is 2.71 bits per heavy atom. The van der Waals surface area contributed by atoms with Gasteiger partial charge in [0.25, 0.3) is 0 Å². The summed E-state index contributed by atoms with van der Waals surface area (Å²) in [5.74, 6) is -1.10. The fourth-order valence-corrected chi connectivity index (χ4v) is 1.77. The number of hydrogen-bond donors (Lipinski definition) is 2. The first kappa shape index (κ1) is 10.8. The molecular formula is C9H15NO4. The molecule has 0 aromatic rings. The third kappa shape index (κ3) is 2.90. The minimum absolute atomic E-state index is 0.0581. The molecular weight excluding hydrogens is 186 g/mol. The van der Waals surface area contributed by atoms with E-state index in [2.05, 4.69) is 10.1 Å². The van der Waals surface area contributed by atoms with Crippen LogP contribution in [0.4, 0.5) is 4.79 Å². The molecule has 2 unspecified atom stereocenters. The Bertz CT molecular complexity index is 229. The van der Waals surface area contributed by atoms with Crippen molar-refractivity contribution in [2.24, 2.45) is 5.92 Å². The van der Waals surface area contributed by atoms with Crippen molar-refractivity contribution in [2.45, 2.75) is 31.7 Å². The Balaban J connectivity index is 2.40. The molecule has 1 rings (SSSR count). The number of methoxy groups -OCH3 is 1. The fourth-order valence-electron chi connectivity index (χ4n) is 1.77. The van der Waals surface area contributed by atoms with Gasteiger partial charge < -0.3 is 15.2 Å². The summed E-state index contributed by atoms with van der Waals surface area (Å²) in [5, 5.41) is 11.4. The maximum absolute atomic E-state index is 10.9. The number of rotatable bonds is 2. The Labute approximate surface area is 82.4 Å². The van der Waals surface area contributed by atoms with Gasteiger partial charge in [0.05, 0.1) is 13.0 Å². The molecule has 1 amide bonds. The van der Waals surface area contributed by atoms with Gasteiger partial charge in [-0.3, -0.25) is 4.79 Å². The summed E-state index contributed by atoms with van der Waals surface area (Å²) in [6, 6.07) is -0.0581. The maximum atomic E-state index is 10.9. The quantitative estimate of drug-likeness (QED) is 0.698. The first-order chi connectivity index (χ1) is 6.63. The molecule has 5 heteroatoms. The highest BCUT2D eigenvalue weighted by molar-refractivity contribution is 5.71. The molecule has 0 radical (unpaired) electrons. The second-order valence-electron chi connectivity index (χ2n) is 3.53.